The van der Waals surface area contributed by atoms with Crippen molar-refractivity contribution in [3.05, 3.63) is 53.6 Å². The lowest BCUT2D eigenvalue weighted by Gasteiger charge is -2.30. The largest absolute Gasteiger partial charge is 0.490 e. The maximum absolute atomic E-state index is 13.1. The molecule has 0 saturated heterocycles. The van der Waals surface area contributed by atoms with Crippen LogP contribution in [0.25, 0.3) is 0 Å². The van der Waals surface area contributed by atoms with Gasteiger partial charge in [-0.2, -0.15) is 0 Å². The van der Waals surface area contributed by atoms with Crippen molar-refractivity contribution in [2.75, 3.05) is 15.9 Å². The number of benzene rings is 2. The number of anilines is 2. The van der Waals surface area contributed by atoms with Gasteiger partial charge < -0.3 is 10.1 Å². The van der Waals surface area contributed by atoms with Gasteiger partial charge in [0.25, 0.3) is 0 Å². The normalized spacial score (nSPS) is 15.5. The molecule has 0 spiro atoms. The number of sulfonamides is 1. The van der Waals surface area contributed by atoms with Gasteiger partial charge in [0.2, 0.25) is 15.9 Å². The van der Waals surface area contributed by atoms with Crippen LogP contribution in [0.3, 0.4) is 0 Å². The first-order valence-electron chi connectivity index (χ1n) is 10.8. The molecule has 2 aromatic carbocycles. The van der Waals surface area contributed by atoms with Crippen molar-refractivity contribution in [3.8, 4) is 5.75 Å². The molecule has 1 aliphatic rings. The van der Waals surface area contributed by atoms with E-state index >= 15 is 0 Å². The zero-order valence-electron chi connectivity index (χ0n) is 18.7. The first-order chi connectivity index (χ1) is 14.7. The highest BCUT2D eigenvalue weighted by atomic mass is 32.2. The summed E-state index contributed by atoms with van der Waals surface area (Å²) >= 11 is 0. The fraction of sp³-hybridized carbons (Fsp3) is 0.458. The second-order valence-corrected chi connectivity index (χ2v) is 10.1. The summed E-state index contributed by atoms with van der Waals surface area (Å²) in [5.74, 6) is 0.417. The van der Waals surface area contributed by atoms with Crippen LogP contribution in [0.4, 0.5) is 11.4 Å². The van der Waals surface area contributed by atoms with Gasteiger partial charge in [-0.1, -0.05) is 13.0 Å². The number of carbonyl (C=O) groups is 1. The van der Waals surface area contributed by atoms with Crippen molar-refractivity contribution in [1.82, 2.24) is 0 Å². The van der Waals surface area contributed by atoms with Gasteiger partial charge in [-0.3, -0.25) is 9.10 Å². The summed E-state index contributed by atoms with van der Waals surface area (Å²) in [7, 11) is -3.66. The van der Waals surface area contributed by atoms with E-state index in [9.17, 15) is 13.2 Å². The summed E-state index contributed by atoms with van der Waals surface area (Å²) in [4.78, 5) is 13.1. The maximum atomic E-state index is 13.1. The number of nitrogens with zero attached hydrogens (tertiary/aromatic N) is 1. The minimum atomic E-state index is -3.66. The molecule has 1 aliphatic carbocycles. The van der Waals surface area contributed by atoms with Crippen LogP contribution in [-0.2, 0) is 14.8 Å². The van der Waals surface area contributed by atoms with Crippen LogP contribution in [0.2, 0.25) is 0 Å². The number of ether oxygens (including phenoxy) is 1. The highest BCUT2D eigenvalue weighted by Crippen LogP contribution is 2.27. The summed E-state index contributed by atoms with van der Waals surface area (Å²) in [6.07, 6.45) is 6.31. The number of rotatable bonds is 8. The van der Waals surface area contributed by atoms with Gasteiger partial charge in [0.15, 0.2) is 0 Å². The fourth-order valence-electron chi connectivity index (χ4n) is 3.96. The van der Waals surface area contributed by atoms with Crippen LogP contribution < -0.4 is 14.4 Å². The highest BCUT2D eigenvalue weighted by molar-refractivity contribution is 7.92. The Bertz CT molecular complexity index is 1010. The maximum Gasteiger partial charge on any atom is 0.248 e. The Balaban J connectivity index is 1.77. The van der Waals surface area contributed by atoms with Crippen molar-refractivity contribution in [3.63, 3.8) is 0 Å². The van der Waals surface area contributed by atoms with Gasteiger partial charge in [-0.15, -0.1) is 0 Å². The molecule has 0 radical (unpaired) electrons. The molecule has 6 nitrogen and oxygen atoms in total. The molecule has 168 valence electrons. The third-order valence-corrected chi connectivity index (χ3v) is 6.98. The molecule has 0 aromatic heterocycles. The van der Waals surface area contributed by atoms with Gasteiger partial charge in [-0.05, 0) is 93.5 Å². The van der Waals surface area contributed by atoms with E-state index in [1.54, 1.807) is 18.2 Å². The second-order valence-electron chi connectivity index (χ2n) is 8.29. The lowest BCUT2D eigenvalue weighted by atomic mass is 10.1. The molecule has 0 bridgehead atoms. The third-order valence-electron chi connectivity index (χ3n) is 5.80. The molecule has 3 rings (SSSR count). The molecule has 31 heavy (non-hydrogen) atoms. The monoisotopic (exact) mass is 444 g/mol. The molecule has 2 aromatic rings. The summed E-state index contributed by atoms with van der Waals surface area (Å²) < 4.78 is 32.4. The number of hydrogen-bond donors (Lipinski definition) is 1. The van der Waals surface area contributed by atoms with Gasteiger partial charge in [0.05, 0.1) is 18.0 Å². The summed E-state index contributed by atoms with van der Waals surface area (Å²) in [6.45, 7) is 5.70. The molecule has 1 atom stereocenters. The van der Waals surface area contributed by atoms with Gasteiger partial charge in [0.1, 0.15) is 11.8 Å². The van der Waals surface area contributed by atoms with E-state index in [2.05, 4.69) is 5.32 Å². The minimum absolute atomic E-state index is 0.270. The van der Waals surface area contributed by atoms with Crippen molar-refractivity contribution >= 4 is 27.3 Å². The van der Waals surface area contributed by atoms with Crippen molar-refractivity contribution in [2.45, 2.75) is 65.0 Å². The molecule has 0 heterocycles. The molecular formula is C24H32N2O4S. The number of nitrogens with one attached hydrogen (secondary N) is 1. The van der Waals surface area contributed by atoms with E-state index in [4.69, 9.17) is 4.74 Å². The number of amides is 1. The topological polar surface area (TPSA) is 75.7 Å². The molecular weight excluding hydrogens is 412 g/mol. The Hall–Kier alpha value is -2.54. The number of hydrogen-bond acceptors (Lipinski definition) is 4. The predicted molar refractivity (Wildman–Crippen MR) is 125 cm³/mol. The SMILES string of the molecule is CC[C@@H](C(=O)Nc1ccc(OC2CCCC2)cc1)N(c1ccc(C)c(C)c1)S(C)(=O)=O. The van der Waals surface area contributed by atoms with Crippen molar-refractivity contribution in [1.29, 1.82) is 0 Å². The Morgan fingerprint density at radius 3 is 2.29 bits per heavy atom. The zero-order valence-corrected chi connectivity index (χ0v) is 19.5. The van der Waals surface area contributed by atoms with Crippen LogP contribution in [0.1, 0.15) is 50.2 Å². The molecule has 1 amide bonds. The highest BCUT2D eigenvalue weighted by Gasteiger charge is 2.31. The van der Waals surface area contributed by atoms with Crippen LogP contribution in [0.5, 0.6) is 5.75 Å². The van der Waals surface area contributed by atoms with E-state index in [0.29, 0.717) is 17.8 Å². The Kier molecular flexibility index (Phi) is 7.26. The second kappa shape index (κ2) is 9.73. The Labute approximate surface area is 185 Å². The van der Waals surface area contributed by atoms with Crippen LogP contribution in [-0.4, -0.2) is 32.7 Å². The Morgan fingerprint density at radius 2 is 1.74 bits per heavy atom. The van der Waals surface area contributed by atoms with Gasteiger partial charge in [-0.25, -0.2) is 8.42 Å². The molecule has 1 saturated carbocycles. The standard InChI is InChI=1S/C24H32N2O4S/c1-5-23(26(31(4,28)29)20-13-10-17(2)18(3)16-20)24(27)25-19-11-14-22(15-12-19)30-21-8-6-7-9-21/h10-16,21,23H,5-9H2,1-4H3,(H,25,27)/t23-/m0/s1. The van der Waals surface area contributed by atoms with Gasteiger partial charge >= 0.3 is 0 Å². The zero-order chi connectivity index (χ0) is 22.6. The first kappa shape index (κ1) is 23.1. The van der Waals surface area contributed by atoms with Crippen LogP contribution in [0, 0.1) is 13.8 Å². The predicted octanol–water partition coefficient (Wildman–Crippen LogP) is 4.81. The van der Waals surface area contributed by atoms with Crippen molar-refractivity contribution in [2.24, 2.45) is 0 Å². The van der Waals surface area contributed by atoms with E-state index in [-0.39, 0.29) is 12.0 Å². The van der Waals surface area contributed by atoms with E-state index in [1.807, 2.05) is 45.0 Å². The molecule has 0 aliphatic heterocycles. The molecule has 7 heteroatoms. The van der Waals surface area contributed by atoms with Gasteiger partial charge in [0, 0.05) is 5.69 Å². The van der Waals surface area contributed by atoms with Crippen molar-refractivity contribution < 1.29 is 17.9 Å². The first-order valence-corrected chi connectivity index (χ1v) is 12.7. The fourth-order valence-corrected chi connectivity index (χ4v) is 5.17. The lowest BCUT2D eigenvalue weighted by Crippen LogP contribution is -2.47. The average molecular weight is 445 g/mol. The minimum Gasteiger partial charge on any atom is -0.490 e. The summed E-state index contributed by atoms with van der Waals surface area (Å²) in [5.41, 5.74) is 3.14. The molecule has 1 N–H and O–H groups in total. The smallest absolute Gasteiger partial charge is 0.248 e. The summed E-state index contributed by atoms with van der Waals surface area (Å²) in [6, 6.07) is 11.8. The van der Waals surface area contributed by atoms with Crippen LogP contribution in [0.15, 0.2) is 42.5 Å². The number of carbonyl (C=O) groups excluding carboxylic acids is 1. The van der Waals surface area contributed by atoms with Crippen LogP contribution >= 0.6 is 0 Å². The van der Waals surface area contributed by atoms with E-state index < -0.39 is 16.1 Å². The summed E-state index contributed by atoms with van der Waals surface area (Å²) in [5, 5.41) is 2.86. The quantitative estimate of drug-likeness (QED) is 0.634. The Morgan fingerprint density at radius 1 is 1.10 bits per heavy atom. The molecule has 1 fully saturated rings. The van der Waals surface area contributed by atoms with E-state index in [1.165, 1.54) is 17.1 Å². The van der Waals surface area contributed by atoms with E-state index in [0.717, 1.165) is 36.0 Å². The lowest BCUT2D eigenvalue weighted by molar-refractivity contribution is -0.117. The third kappa shape index (κ3) is 5.79. The number of aryl methyl sites for hydroxylation is 2. The average Bonchev–Trinajstić information content (AvgIpc) is 3.22. The molecule has 0 unspecified atom stereocenters.